The summed E-state index contributed by atoms with van der Waals surface area (Å²) in [6.07, 6.45) is 4.97. The van der Waals surface area contributed by atoms with Gasteiger partial charge in [-0.15, -0.1) is 0 Å². The molecule has 1 saturated heterocycles. The Bertz CT molecular complexity index is 588. The van der Waals surface area contributed by atoms with Gasteiger partial charge in [-0.1, -0.05) is 67.6 Å². The second-order valence-electron chi connectivity index (χ2n) is 7.41. The molecule has 25 heavy (non-hydrogen) atoms. The van der Waals surface area contributed by atoms with Crippen LogP contribution < -0.4 is 5.32 Å². The molecule has 1 unspecified atom stereocenters. The first-order valence-corrected chi connectivity index (χ1v) is 9.86. The maximum Gasteiger partial charge on any atom is 0.00914 e. The fourth-order valence-electron chi connectivity index (χ4n) is 3.74. The summed E-state index contributed by atoms with van der Waals surface area (Å²) in [5, 5.41) is 3.79. The Morgan fingerprint density at radius 2 is 1.60 bits per heavy atom. The van der Waals surface area contributed by atoms with Crippen LogP contribution in [0, 0.1) is 0 Å². The smallest absolute Gasteiger partial charge is 0.00914 e. The van der Waals surface area contributed by atoms with Gasteiger partial charge in [0.1, 0.15) is 0 Å². The Hall–Kier alpha value is -1.64. The molecule has 0 aromatic heterocycles. The van der Waals surface area contributed by atoms with Gasteiger partial charge in [0.2, 0.25) is 0 Å². The molecule has 2 heteroatoms. The highest BCUT2D eigenvalue weighted by molar-refractivity contribution is 5.18. The van der Waals surface area contributed by atoms with Crippen LogP contribution in [0.2, 0.25) is 0 Å². The lowest BCUT2D eigenvalue weighted by atomic mass is 9.97. The quantitative estimate of drug-likeness (QED) is 0.765. The van der Waals surface area contributed by atoms with E-state index in [1.165, 1.54) is 56.4 Å². The minimum absolute atomic E-state index is 0.639. The number of hydrogen-bond acceptors (Lipinski definition) is 2. The van der Waals surface area contributed by atoms with Crippen LogP contribution in [0.25, 0.3) is 0 Å². The van der Waals surface area contributed by atoms with E-state index in [0.717, 1.165) is 6.54 Å². The normalized spacial score (nSPS) is 17.5. The summed E-state index contributed by atoms with van der Waals surface area (Å²) in [6, 6.07) is 22.4. The molecule has 3 rings (SSSR count). The minimum atomic E-state index is 0.639. The molecule has 1 N–H and O–H groups in total. The lowest BCUT2D eigenvalue weighted by Gasteiger charge is -2.32. The highest BCUT2D eigenvalue weighted by Gasteiger charge is 2.18. The van der Waals surface area contributed by atoms with E-state index in [1.54, 1.807) is 0 Å². The van der Waals surface area contributed by atoms with Crippen LogP contribution in [0.3, 0.4) is 0 Å². The zero-order valence-electron chi connectivity index (χ0n) is 15.5. The molecule has 2 aromatic rings. The van der Waals surface area contributed by atoms with Crippen LogP contribution in [0.4, 0.5) is 0 Å². The van der Waals surface area contributed by atoms with Gasteiger partial charge in [0.25, 0.3) is 0 Å². The molecule has 1 atom stereocenters. The van der Waals surface area contributed by atoms with E-state index < -0.39 is 0 Å². The molecular formula is C23H32N2. The molecule has 134 valence electrons. The highest BCUT2D eigenvalue weighted by atomic mass is 15.1. The molecule has 2 nitrogen and oxygen atoms in total. The Balaban J connectivity index is 1.30. The van der Waals surface area contributed by atoms with Crippen molar-refractivity contribution >= 4 is 0 Å². The van der Waals surface area contributed by atoms with E-state index in [4.69, 9.17) is 0 Å². The number of hydrogen-bond donors (Lipinski definition) is 1. The maximum atomic E-state index is 3.79. The fraction of sp³-hybridized carbons (Fsp3) is 0.478. The average molecular weight is 337 g/mol. The zero-order chi connectivity index (χ0) is 17.3. The highest BCUT2D eigenvalue weighted by Crippen LogP contribution is 2.18. The first-order valence-electron chi connectivity index (χ1n) is 9.86. The van der Waals surface area contributed by atoms with Crippen LogP contribution in [0.5, 0.6) is 0 Å². The van der Waals surface area contributed by atoms with Crippen molar-refractivity contribution in [3.63, 3.8) is 0 Å². The number of benzene rings is 2. The van der Waals surface area contributed by atoms with Gasteiger partial charge in [-0.2, -0.15) is 0 Å². The van der Waals surface area contributed by atoms with Crippen LogP contribution >= 0.6 is 0 Å². The molecule has 0 bridgehead atoms. The van der Waals surface area contributed by atoms with Gasteiger partial charge in [0.15, 0.2) is 0 Å². The summed E-state index contributed by atoms with van der Waals surface area (Å²) < 4.78 is 0. The molecule has 0 spiro atoms. The molecule has 1 fully saturated rings. The van der Waals surface area contributed by atoms with Crippen molar-refractivity contribution < 1.29 is 0 Å². The van der Waals surface area contributed by atoms with Crippen molar-refractivity contribution in [3.05, 3.63) is 71.8 Å². The van der Waals surface area contributed by atoms with Gasteiger partial charge < -0.3 is 10.2 Å². The summed E-state index contributed by atoms with van der Waals surface area (Å²) in [4.78, 5) is 2.62. The predicted molar refractivity (Wildman–Crippen MR) is 107 cm³/mol. The largest absolute Gasteiger partial charge is 0.314 e. The number of rotatable bonds is 8. The van der Waals surface area contributed by atoms with Crippen molar-refractivity contribution in [1.82, 2.24) is 10.2 Å². The molecule has 0 saturated carbocycles. The van der Waals surface area contributed by atoms with Gasteiger partial charge >= 0.3 is 0 Å². The fourth-order valence-corrected chi connectivity index (χ4v) is 3.74. The topological polar surface area (TPSA) is 15.3 Å². The van der Waals surface area contributed by atoms with Crippen molar-refractivity contribution in [2.24, 2.45) is 0 Å². The van der Waals surface area contributed by atoms with Crippen molar-refractivity contribution in [2.75, 3.05) is 26.2 Å². The molecule has 2 aromatic carbocycles. The number of nitrogens with zero attached hydrogens (tertiary/aromatic N) is 1. The Morgan fingerprint density at radius 3 is 2.28 bits per heavy atom. The lowest BCUT2D eigenvalue weighted by molar-refractivity contribution is 0.199. The molecule has 0 amide bonds. The second kappa shape index (κ2) is 9.74. The summed E-state index contributed by atoms with van der Waals surface area (Å²) in [7, 11) is 0. The van der Waals surface area contributed by atoms with Gasteiger partial charge in [-0.25, -0.2) is 0 Å². The van der Waals surface area contributed by atoms with Crippen LogP contribution in [0.15, 0.2) is 60.7 Å². The van der Waals surface area contributed by atoms with Crippen LogP contribution in [-0.4, -0.2) is 37.1 Å². The van der Waals surface area contributed by atoms with E-state index in [9.17, 15) is 0 Å². The molecular weight excluding hydrogens is 304 g/mol. The molecule has 1 aliphatic heterocycles. The van der Waals surface area contributed by atoms with E-state index in [2.05, 4.69) is 77.8 Å². The monoisotopic (exact) mass is 336 g/mol. The first-order chi connectivity index (χ1) is 12.3. The third-order valence-electron chi connectivity index (χ3n) is 5.53. The van der Waals surface area contributed by atoms with E-state index in [-0.39, 0.29) is 0 Å². The zero-order valence-corrected chi connectivity index (χ0v) is 15.5. The molecule has 1 aliphatic rings. The molecule has 1 heterocycles. The lowest BCUT2D eigenvalue weighted by Crippen LogP contribution is -2.43. The standard InChI is InChI=1S/C23H32N2/c1-20(22-10-6-3-7-11-22)12-16-24-23-14-18-25(19-15-23)17-13-21-8-4-2-5-9-21/h2-11,20,23-24H,12-19H2,1H3. The number of likely N-dealkylation sites (tertiary alicyclic amines) is 1. The van der Waals surface area contributed by atoms with Gasteiger partial charge in [-0.3, -0.25) is 0 Å². The summed E-state index contributed by atoms with van der Waals surface area (Å²) in [6.45, 7) is 7.13. The predicted octanol–water partition coefficient (Wildman–Crippen LogP) is 4.48. The SMILES string of the molecule is CC(CCNC1CCN(CCc2ccccc2)CC1)c1ccccc1. The van der Waals surface area contributed by atoms with Crippen LogP contribution in [-0.2, 0) is 6.42 Å². The first kappa shape index (κ1) is 18.2. The van der Waals surface area contributed by atoms with Gasteiger partial charge in [-0.05, 0) is 62.4 Å². The second-order valence-corrected chi connectivity index (χ2v) is 7.41. The van der Waals surface area contributed by atoms with E-state index in [1.807, 2.05) is 0 Å². The average Bonchev–Trinajstić information content (AvgIpc) is 2.69. The summed E-state index contributed by atoms with van der Waals surface area (Å²) in [5.74, 6) is 0.639. The maximum absolute atomic E-state index is 3.79. The van der Waals surface area contributed by atoms with Gasteiger partial charge in [0, 0.05) is 12.6 Å². The van der Waals surface area contributed by atoms with Crippen molar-refractivity contribution in [2.45, 2.75) is 44.6 Å². The third kappa shape index (κ3) is 5.98. The molecule has 0 aliphatic carbocycles. The van der Waals surface area contributed by atoms with Crippen molar-refractivity contribution in [1.29, 1.82) is 0 Å². The Labute approximate surface area is 153 Å². The Morgan fingerprint density at radius 1 is 0.960 bits per heavy atom. The van der Waals surface area contributed by atoms with Gasteiger partial charge in [0.05, 0.1) is 0 Å². The summed E-state index contributed by atoms with van der Waals surface area (Å²) >= 11 is 0. The summed E-state index contributed by atoms with van der Waals surface area (Å²) in [5.41, 5.74) is 2.91. The van der Waals surface area contributed by atoms with Crippen LogP contribution in [0.1, 0.15) is 43.2 Å². The van der Waals surface area contributed by atoms with E-state index >= 15 is 0 Å². The molecule has 0 radical (unpaired) electrons. The van der Waals surface area contributed by atoms with Crippen molar-refractivity contribution in [3.8, 4) is 0 Å². The third-order valence-corrected chi connectivity index (χ3v) is 5.53. The number of nitrogens with one attached hydrogen (secondary N) is 1. The number of piperidine rings is 1. The Kier molecular flexibility index (Phi) is 7.08. The minimum Gasteiger partial charge on any atom is -0.314 e. The van der Waals surface area contributed by atoms with E-state index in [0.29, 0.717) is 12.0 Å².